The van der Waals surface area contributed by atoms with Gasteiger partial charge in [0.1, 0.15) is 0 Å². The number of nitrogens with zero attached hydrogens (tertiary/aromatic N) is 2. The first-order valence-electron chi connectivity index (χ1n) is 10.3. The van der Waals surface area contributed by atoms with Crippen molar-refractivity contribution in [3.05, 3.63) is 48.0 Å². The first kappa shape index (κ1) is 22.7. The lowest BCUT2D eigenvalue weighted by Crippen LogP contribution is -2.40. The van der Waals surface area contributed by atoms with E-state index in [1.165, 1.54) is 40.7 Å². The molecule has 1 amide bonds. The molecule has 1 N–H and O–H groups in total. The molecule has 11 heteroatoms. The van der Waals surface area contributed by atoms with Crippen LogP contribution in [0.2, 0.25) is 0 Å². The van der Waals surface area contributed by atoms with Crippen LogP contribution in [0.15, 0.2) is 52.3 Å². The number of rotatable bonds is 6. The summed E-state index contributed by atoms with van der Waals surface area (Å²) in [5.41, 5.74) is 1.65. The summed E-state index contributed by atoms with van der Waals surface area (Å²) in [6.45, 7) is 3.67. The van der Waals surface area contributed by atoms with Crippen LogP contribution in [0.1, 0.15) is 18.4 Å². The van der Waals surface area contributed by atoms with Crippen LogP contribution in [-0.2, 0) is 29.6 Å². The molecule has 2 aliphatic heterocycles. The number of morpholine rings is 1. The van der Waals surface area contributed by atoms with Gasteiger partial charge in [0.25, 0.3) is 10.0 Å². The lowest BCUT2D eigenvalue weighted by molar-refractivity contribution is -0.117. The molecule has 2 fully saturated rings. The van der Waals surface area contributed by atoms with E-state index in [-0.39, 0.29) is 34.5 Å². The average Bonchev–Trinajstić information content (AvgIpc) is 3.20. The van der Waals surface area contributed by atoms with Crippen LogP contribution in [0.25, 0.3) is 0 Å². The van der Waals surface area contributed by atoms with Gasteiger partial charge in [0.05, 0.1) is 23.0 Å². The van der Waals surface area contributed by atoms with Gasteiger partial charge in [-0.2, -0.15) is 4.31 Å². The monoisotopic (exact) mass is 479 g/mol. The van der Waals surface area contributed by atoms with Crippen molar-refractivity contribution in [2.24, 2.45) is 0 Å². The molecule has 4 rings (SSSR count). The Morgan fingerprint density at radius 3 is 2.16 bits per heavy atom. The second-order valence-corrected chi connectivity index (χ2v) is 11.4. The molecule has 0 aliphatic carbocycles. The van der Waals surface area contributed by atoms with Gasteiger partial charge in [-0.05, 0) is 61.4 Å². The Bertz CT molecular complexity index is 1220. The summed E-state index contributed by atoms with van der Waals surface area (Å²) in [5, 5.41) is 0. The average molecular weight is 480 g/mol. The third-order valence-electron chi connectivity index (χ3n) is 5.56. The van der Waals surface area contributed by atoms with E-state index in [4.69, 9.17) is 4.74 Å². The van der Waals surface area contributed by atoms with Gasteiger partial charge in [-0.3, -0.25) is 9.52 Å². The normalized spacial score (nSPS) is 18.2. The number of nitrogens with one attached hydrogen (secondary N) is 1. The lowest BCUT2D eigenvalue weighted by atomic mass is 10.2. The predicted octanol–water partition coefficient (Wildman–Crippen LogP) is 1.94. The smallest absolute Gasteiger partial charge is 0.261 e. The Kier molecular flexibility index (Phi) is 6.26. The van der Waals surface area contributed by atoms with E-state index in [1.807, 2.05) is 0 Å². The number of aryl methyl sites for hydroxylation is 1. The molecule has 2 heterocycles. The quantitative estimate of drug-likeness (QED) is 0.678. The maximum Gasteiger partial charge on any atom is 0.261 e. The van der Waals surface area contributed by atoms with E-state index in [1.54, 1.807) is 17.9 Å². The minimum Gasteiger partial charge on any atom is -0.379 e. The lowest BCUT2D eigenvalue weighted by Gasteiger charge is -2.26. The number of carbonyl (C=O) groups excluding carboxylic acids is 1. The van der Waals surface area contributed by atoms with Crippen LogP contribution in [0.4, 0.5) is 11.4 Å². The molecule has 2 aromatic rings. The highest BCUT2D eigenvalue weighted by Crippen LogP contribution is 2.28. The fourth-order valence-electron chi connectivity index (χ4n) is 3.85. The largest absolute Gasteiger partial charge is 0.379 e. The third-order valence-corrected chi connectivity index (χ3v) is 8.85. The van der Waals surface area contributed by atoms with Crippen molar-refractivity contribution in [3.8, 4) is 0 Å². The zero-order valence-corrected chi connectivity index (χ0v) is 19.3. The molecule has 0 bridgehead atoms. The van der Waals surface area contributed by atoms with Gasteiger partial charge in [0, 0.05) is 37.4 Å². The van der Waals surface area contributed by atoms with Crippen molar-refractivity contribution in [3.63, 3.8) is 0 Å². The van der Waals surface area contributed by atoms with Crippen molar-refractivity contribution in [1.29, 1.82) is 0 Å². The first-order chi connectivity index (χ1) is 15.2. The number of anilines is 2. The summed E-state index contributed by atoms with van der Waals surface area (Å²) < 4.78 is 60.1. The summed E-state index contributed by atoms with van der Waals surface area (Å²) in [6.07, 6.45) is 1.29. The maximum absolute atomic E-state index is 12.8. The number of amides is 1. The molecule has 172 valence electrons. The summed E-state index contributed by atoms with van der Waals surface area (Å²) >= 11 is 0. The second-order valence-electron chi connectivity index (χ2n) is 7.74. The molecule has 0 unspecified atom stereocenters. The van der Waals surface area contributed by atoms with Gasteiger partial charge in [0.2, 0.25) is 15.9 Å². The Morgan fingerprint density at radius 1 is 0.906 bits per heavy atom. The van der Waals surface area contributed by atoms with E-state index < -0.39 is 20.0 Å². The number of hydrogen-bond donors (Lipinski definition) is 1. The standard InChI is InChI=1S/C21H25N3O6S2/c1-16-15-19(8-9-20(16)24-10-2-3-21(24)25)31(26,27)22-17-4-6-18(7-5-17)32(28,29)23-11-13-30-14-12-23/h4-9,15,22H,2-3,10-14H2,1H3. The zero-order chi connectivity index (χ0) is 22.9. The van der Waals surface area contributed by atoms with Crippen LogP contribution in [0, 0.1) is 6.92 Å². The molecule has 32 heavy (non-hydrogen) atoms. The van der Waals surface area contributed by atoms with Gasteiger partial charge in [0.15, 0.2) is 0 Å². The van der Waals surface area contributed by atoms with Crippen molar-refractivity contribution in [2.75, 3.05) is 42.5 Å². The molecule has 2 aromatic carbocycles. The van der Waals surface area contributed by atoms with Gasteiger partial charge >= 0.3 is 0 Å². The van der Waals surface area contributed by atoms with E-state index in [0.717, 1.165) is 6.42 Å². The fraction of sp³-hybridized carbons (Fsp3) is 0.381. The number of sulfonamides is 2. The number of ether oxygens (including phenoxy) is 1. The van der Waals surface area contributed by atoms with Crippen LogP contribution in [0.3, 0.4) is 0 Å². The number of benzene rings is 2. The molecule has 0 spiro atoms. The van der Waals surface area contributed by atoms with Crippen LogP contribution in [-0.4, -0.2) is 59.9 Å². The van der Waals surface area contributed by atoms with Gasteiger partial charge in [-0.15, -0.1) is 0 Å². The number of carbonyl (C=O) groups is 1. The molecular weight excluding hydrogens is 454 g/mol. The summed E-state index contributed by atoms with van der Waals surface area (Å²) in [4.78, 5) is 13.8. The molecule has 0 aromatic heterocycles. The predicted molar refractivity (Wildman–Crippen MR) is 120 cm³/mol. The van der Waals surface area contributed by atoms with Crippen molar-refractivity contribution >= 4 is 37.3 Å². The van der Waals surface area contributed by atoms with Crippen LogP contribution < -0.4 is 9.62 Å². The molecule has 0 atom stereocenters. The Labute approximate surface area is 188 Å². The highest BCUT2D eigenvalue weighted by molar-refractivity contribution is 7.92. The molecule has 2 saturated heterocycles. The minimum absolute atomic E-state index is 0.0361. The topological polar surface area (TPSA) is 113 Å². The highest BCUT2D eigenvalue weighted by Gasteiger charge is 2.27. The van der Waals surface area contributed by atoms with E-state index in [9.17, 15) is 21.6 Å². The van der Waals surface area contributed by atoms with Gasteiger partial charge < -0.3 is 9.64 Å². The van der Waals surface area contributed by atoms with E-state index in [2.05, 4.69) is 4.72 Å². The Morgan fingerprint density at radius 2 is 1.56 bits per heavy atom. The van der Waals surface area contributed by atoms with Crippen LogP contribution >= 0.6 is 0 Å². The van der Waals surface area contributed by atoms with Crippen LogP contribution in [0.5, 0.6) is 0 Å². The van der Waals surface area contributed by atoms with Crippen molar-refractivity contribution < 1.29 is 26.4 Å². The highest BCUT2D eigenvalue weighted by atomic mass is 32.2. The zero-order valence-electron chi connectivity index (χ0n) is 17.7. The van der Waals surface area contributed by atoms with E-state index in [0.29, 0.717) is 37.4 Å². The van der Waals surface area contributed by atoms with Crippen molar-refractivity contribution in [1.82, 2.24) is 4.31 Å². The molecule has 2 aliphatic rings. The SMILES string of the molecule is Cc1cc(S(=O)(=O)Nc2ccc(S(=O)(=O)N3CCOCC3)cc2)ccc1N1CCCC1=O. The Balaban J connectivity index is 1.51. The Hall–Kier alpha value is -2.47. The molecule has 0 saturated carbocycles. The maximum atomic E-state index is 12.8. The van der Waals surface area contributed by atoms with Gasteiger partial charge in [-0.25, -0.2) is 16.8 Å². The fourth-order valence-corrected chi connectivity index (χ4v) is 6.40. The van der Waals surface area contributed by atoms with Gasteiger partial charge in [-0.1, -0.05) is 0 Å². The molecular formula is C21H25N3O6S2. The van der Waals surface area contributed by atoms with Crippen molar-refractivity contribution in [2.45, 2.75) is 29.6 Å². The summed E-state index contributed by atoms with van der Waals surface area (Å²) in [7, 11) is -7.54. The first-order valence-corrected chi connectivity index (χ1v) is 13.2. The summed E-state index contributed by atoms with van der Waals surface area (Å²) in [6, 6.07) is 10.3. The second kappa shape index (κ2) is 8.81. The molecule has 0 radical (unpaired) electrons. The van der Waals surface area contributed by atoms with E-state index >= 15 is 0 Å². The molecule has 9 nitrogen and oxygen atoms in total. The third kappa shape index (κ3) is 4.51. The number of hydrogen-bond acceptors (Lipinski definition) is 6. The minimum atomic E-state index is -3.89. The summed E-state index contributed by atoms with van der Waals surface area (Å²) in [5.74, 6) is 0.0361.